The molecule has 1 aromatic carbocycles. The van der Waals surface area contributed by atoms with Crippen LogP contribution >= 0.6 is 0 Å². The van der Waals surface area contributed by atoms with E-state index in [1.165, 1.54) is 10.5 Å². The predicted molar refractivity (Wildman–Crippen MR) is 108 cm³/mol. The molecular formula is C20H26N4O3S. The van der Waals surface area contributed by atoms with Gasteiger partial charge in [-0.1, -0.05) is 12.1 Å². The Kier molecular flexibility index (Phi) is 6.31. The lowest BCUT2D eigenvalue weighted by molar-refractivity contribution is -0.126. The molecule has 0 unspecified atom stereocenters. The maximum atomic E-state index is 12.6. The van der Waals surface area contributed by atoms with Gasteiger partial charge in [0.15, 0.2) is 0 Å². The van der Waals surface area contributed by atoms with E-state index in [-0.39, 0.29) is 16.7 Å². The molecule has 1 aliphatic rings. The summed E-state index contributed by atoms with van der Waals surface area (Å²) < 4.78 is 26.7. The summed E-state index contributed by atoms with van der Waals surface area (Å²) in [5.41, 5.74) is 2.15. The summed E-state index contributed by atoms with van der Waals surface area (Å²) in [6.45, 7) is 1.15. The van der Waals surface area contributed by atoms with Gasteiger partial charge in [-0.25, -0.2) is 8.42 Å². The van der Waals surface area contributed by atoms with E-state index in [1.54, 1.807) is 18.3 Å². The third kappa shape index (κ3) is 4.69. The highest BCUT2D eigenvalue weighted by atomic mass is 32.2. The number of carbonyl (C=O) groups is 1. The van der Waals surface area contributed by atoms with E-state index in [4.69, 9.17) is 0 Å². The summed E-state index contributed by atoms with van der Waals surface area (Å²) in [4.78, 5) is 18.6. The van der Waals surface area contributed by atoms with Crippen LogP contribution in [0, 0.1) is 5.92 Å². The minimum atomic E-state index is -3.54. The van der Waals surface area contributed by atoms with Crippen LogP contribution < -0.4 is 10.2 Å². The van der Waals surface area contributed by atoms with Crippen LogP contribution in [0.5, 0.6) is 0 Å². The fourth-order valence-corrected chi connectivity index (χ4v) is 4.69. The normalized spacial score (nSPS) is 15.9. The Balaban J connectivity index is 1.51. The van der Waals surface area contributed by atoms with Crippen molar-refractivity contribution in [2.45, 2.75) is 24.3 Å². The minimum Gasteiger partial charge on any atom is -0.378 e. The Hall–Kier alpha value is -2.45. The number of aromatic nitrogens is 1. The number of hydrogen-bond donors (Lipinski definition) is 1. The zero-order valence-corrected chi connectivity index (χ0v) is 17.0. The van der Waals surface area contributed by atoms with E-state index in [1.807, 2.05) is 43.3 Å². The second-order valence-corrected chi connectivity index (χ2v) is 9.08. The molecule has 0 radical (unpaired) electrons. The lowest BCUT2D eigenvalue weighted by atomic mass is 9.97. The Morgan fingerprint density at radius 2 is 1.86 bits per heavy atom. The van der Waals surface area contributed by atoms with E-state index < -0.39 is 10.0 Å². The molecule has 2 aromatic rings. The van der Waals surface area contributed by atoms with Gasteiger partial charge in [0.1, 0.15) is 4.90 Å². The standard InChI is InChI=1S/C20H26N4O3S/c1-23(2)18-7-5-16(6-8-18)14-22-20(25)17-9-12-24(13-10-17)28(26,27)19-4-3-11-21-15-19/h3-8,11,15,17H,9-10,12-14H2,1-2H3,(H,22,25). The van der Waals surface area contributed by atoms with Crippen molar-refractivity contribution in [3.8, 4) is 0 Å². The smallest absolute Gasteiger partial charge is 0.244 e. The highest BCUT2D eigenvalue weighted by Crippen LogP contribution is 2.23. The zero-order valence-electron chi connectivity index (χ0n) is 16.2. The predicted octanol–water partition coefficient (Wildman–Crippen LogP) is 1.86. The van der Waals surface area contributed by atoms with Crippen molar-refractivity contribution in [2.24, 2.45) is 5.92 Å². The largest absolute Gasteiger partial charge is 0.378 e. The number of nitrogens with one attached hydrogen (secondary N) is 1. The van der Waals surface area contributed by atoms with Crippen LogP contribution in [0.25, 0.3) is 0 Å². The van der Waals surface area contributed by atoms with Crippen molar-refractivity contribution in [1.29, 1.82) is 0 Å². The molecule has 0 atom stereocenters. The van der Waals surface area contributed by atoms with Crippen LogP contribution in [0.3, 0.4) is 0 Å². The molecule has 1 N–H and O–H groups in total. The van der Waals surface area contributed by atoms with E-state index in [0.717, 1.165) is 11.3 Å². The van der Waals surface area contributed by atoms with Gasteiger partial charge in [-0.05, 0) is 42.7 Å². The average molecular weight is 403 g/mol. The molecule has 0 saturated carbocycles. The van der Waals surface area contributed by atoms with Gasteiger partial charge < -0.3 is 10.2 Å². The summed E-state index contributed by atoms with van der Waals surface area (Å²) >= 11 is 0. The lowest BCUT2D eigenvalue weighted by Crippen LogP contribution is -2.42. The number of pyridine rings is 1. The van der Waals surface area contributed by atoms with Gasteiger partial charge in [0, 0.05) is 57.7 Å². The van der Waals surface area contributed by atoms with Gasteiger partial charge in [0.2, 0.25) is 15.9 Å². The number of benzene rings is 1. The van der Waals surface area contributed by atoms with Gasteiger partial charge in [0.25, 0.3) is 0 Å². The van der Waals surface area contributed by atoms with Crippen molar-refractivity contribution in [2.75, 3.05) is 32.1 Å². The first-order valence-electron chi connectivity index (χ1n) is 9.32. The molecule has 2 heterocycles. The Labute approximate surface area is 166 Å². The molecule has 8 heteroatoms. The van der Waals surface area contributed by atoms with Gasteiger partial charge >= 0.3 is 0 Å². The summed E-state index contributed by atoms with van der Waals surface area (Å²) in [6, 6.07) is 11.2. The molecule has 1 aromatic heterocycles. The van der Waals surface area contributed by atoms with E-state index in [9.17, 15) is 13.2 Å². The molecule has 150 valence electrons. The van der Waals surface area contributed by atoms with E-state index >= 15 is 0 Å². The molecule has 1 aliphatic heterocycles. The molecule has 0 aliphatic carbocycles. The third-order valence-corrected chi connectivity index (χ3v) is 6.90. The van der Waals surface area contributed by atoms with Crippen LogP contribution in [-0.4, -0.2) is 50.8 Å². The fourth-order valence-electron chi connectivity index (χ4n) is 3.25. The number of piperidine rings is 1. The molecule has 1 fully saturated rings. The summed E-state index contributed by atoms with van der Waals surface area (Å²) in [5, 5.41) is 2.97. The van der Waals surface area contributed by atoms with Gasteiger partial charge in [-0.2, -0.15) is 4.31 Å². The van der Waals surface area contributed by atoms with Crippen LogP contribution in [0.1, 0.15) is 18.4 Å². The quantitative estimate of drug-likeness (QED) is 0.798. The second kappa shape index (κ2) is 8.70. The number of carbonyl (C=O) groups excluding carboxylic acids is 1. The summed E-state index contributed by atoms with van der Waals surface area (Å²) in [5.74, 6) is -0.184. The van der Waals surface area contributed by atoms with Gasteiger partial charge in [-0.3, -0.25) is 9.78 Å². The van der Waals surface area contributed by atoms with Crippen molar-refractivity contribution in [3.63, 3.8) is 0 Å². The minimum absolute atomic E-state index is 0.0184. The van der Waals surface area contributed by atoms with Crippen molar-refractivity contribution < 1.29 is 13.2 Å². The Morgan fingerprint density at radius 3 is 2.43 bits per heavy atom. The zero-order chi connectivity index (χ0) is 20.1. The number of anilines is 1. The molecular weight excluding hydrogens is 376 g/mol. The SMILES string of the molecule is CN(C)c1ccc(CNC(=O)C2CCN(S(=O)(=O)c3cccnc3)CC2)cc1. The first-order chi connectivity index (χ1) is 13.4. The summed E-state index contributed by atoms with van der Waals surface area (Å²) in [7, 11) is 0.425. The first-order valence-corrected chi connectivity index (χ1v) is 10.8. The molecule has 28 heavy (non-hydrogen) atoms. The highest BCUT2D eigenvalue weighted by molar-refractivity contribution is 7.89. The van der Waals surface area contributed by atoms with Crippen LogP contribution in [-0.2, 0) is 21.4 Å². The molecule has 1 saturated heterocycles. The monoisotopic (exact) mass is 402 g/mol. The number of nitrogens with zero attached hydrogens (tertiary/aromatic N) is 3. The maximum absolute atomic E-state index is 12.6. The third-order valence-electron chi connectivity index (χ3n) is 5.02. The maximum Gasteiger partial charge on any atom is 0.244 e. The highest BCUT2D eigenvalue weighted by Gasteiger charge is 2.32. The topological polar surface area (TPSA) is 82.6 Å². The molecule has 3 rings (SSSR count). The number of hydrogen-bond acceptors (Lipinski definition) is 5. The van der Waals surface area contributed by atoms with Crippen molar-refractivity contribution in [3.05, 3.63) is 54.4 Å². The Bertz CT molecular complexity index is 891. The van der Waals surface area contributed by atoms with Crippen LogP contribution in [0.4, 0.5) is 5.69 Å². The van der Waals surface area contributed by atoms with Crippen LogP contribution in [0.15, 0.2) is 53.7 Å². The number of amides is 1. The molecule has 0 bridgehead atoms. The lowest BCUT2D eigenvalue weighted by Gasteiger charge is -2.30. The van der Waals surface area contributed by atoms with E-state index in [2.05, 4.69) is 10.3 Å². The van der Waals surface area contributed by atoms with Crippen molar-refractivity contribution >= 4 is 21.6 Å². The first kappa shape index (κ1) is 20.3. The molecule has 0 spiro atoms. The second-order valence-electron chi connectivity index (χ2n) is 7.15. The Morgan fingerprint density at radius 1 is 1.18 bits per heavy atom. The van der Waals surface area contributed by atoms with E-state index in [0.29, 0.717) is 32.5 Å². The number of sulfonamides is 1. The van der Waals surface area contributed by atoms with Gasteiger partial charge in [-0.15, -0.1) is 0 Å². The van der Waals surface area contributed by atoms with Crippen LogP contribution in [0.2, 0.25) is 0 Å². The number of rotatable bonds is 6. The summed E-state index contributed by atoms with van der Waals surface area (Å²) in [6.07, 6.45) is 3.94. The molecule has 7 nitrogen and oxygen atoms in total. The van der Waals surface area contributed by atoms with Gasteiger partial charge in [0.05, 0.1) is 0 Å². The fraction of sp³-hybridized carbons (Fsp3) is 0.400. The average Bonchev–Trinajstić information content (AvgIpc) is 2.73. The van der Waals surface area contributed by atoms with Crippen molar-refractivity contribution in [1.82, 2.24) is 14.6 Å². The molecule has 1 amide bonds.